The molecule has 1 atom stereocenters. The van der Waals surface area contributed by atoms with E-state index in [0.29, 0.717) is 10.0 Å². The van der Waals surface area contributed by atoms with Gasteiger partial charge in [-0.25, -0.2) is 0 Å². The predicted octanol–water partition coefficient (Wildman–Crippen LogP) is 4.81. The third-order valence-corrected chi connectivity index (χ3v) is 4.46. The lowest BCUT2D eigenvalue weighted by molar-refractivity contribution is 0.549. The van der Waals surface area contributed by atoms with E-state index < -0.39 is 0 Å². The minimum absolute atomic E-state index is 0.0281. The molecule has 0 radical (unpaired) electrons. The number of benzene rings is 2. The molecule has 0 aliphatic heterocycles. The highest BCUT2D eigenvalue weighted by Crippen LogP contribution is 2.27. The van der Waals surface area contributed by atoms with E-state index in [1.807, 2.05) is 18.2 Å². The molecule has 0 spiro atoms. The second-order valence-corrected chi connectivity index (χ2v) is 6.40. The molecule has 2 nitrogen and oxygen atoms in total. The molecule has 2 rings (SSSR count). The van der Waals surface area contributed by atoms with Crippen molar-refractivity contribution in [3.63, 3.8) is 0 Å². The van der Waals surface area contributed by atoms with Crippen molar-refractivity contribution >= 4 is 39.1 Å². The number of hydrogen-bond acceptors (Lipinski definition) is 2. The van der Waals surface area contributed by atoms with Crippen molar-refractivity contribution in [1.82, 2.24) is 5.43 Å². The molecule has 2 aromatic carbocycles. The van der Waals surface area contributed by atoms with Gasteiger partial charge in [0.2, 0.25) is 0 Å². The highest BCUT2D eigenvalue weighted by Gasteiger charge is 2.14. The fourth-order valence-electron chi connectivity index (χ4n) is 2.19. The fraction of sp³-hybridized carbons (Fsp3) is 0.200. The van der Waals surface area contributed by atoms with Gasteiger partial charge in [0, 0.05) is 4.47 Å². The van der Waals surface area contributed by atoms with E-state index in [1.54, 1.807) is 6.07 Å². The Morgan fingerprint density at radius 1 is 1.15 bits per heavy atom. The zero-order valence-electron chi connectivity index (χ0n) is 11.0. The van der Waals surface area contributed by atoms with E-state index in [4.69, 9.17) is 29.0 Å². The Bertz CT molecular complexity index is 617. The van der Waals surface area contributed by atoms with Gasteiger partial charge in [0.1, 0.15) is 0 Å². The largest absolute Gasteiger partial charge is 0.271 e. The molecular formula is C15H15BrCl2N2. The molecule has 106 valence electrons. The first-order valence-electron chi connectivity index (χ1n) is 6.17. The van der Waals surface area contributed by atoms with Crippen LogP contribution in [0, 0.1) is 6.92 Å². The van der Waals surface area contributed by atoms with Gasteiger partial charge in [-0.05, 0) is 54.3 Å². The third-order valence-electron chi connectivity index (χ3n) is 3.23. The van der Waals surface area contributed by atoms with E-state index >= 15 is 0 Å². The van der Waals surface area contributed by atoms with Crippen LogP contribution in [0.15, 0.2) is 40.9 Å². The number of hydrazine groups is 1. The number of aryl methyl sites for hydroxylation is 1. The summed E-state index contributed by atoms with van der Waals surface area (Å²) in [5, 5.41) is 1.12. The standard InChI is InChI=1S/C15H15BrCl2N2/c1-9-6-11(16)3-4-12(9)15(20-19)8-10-2-5-13(17)14(18)7-10/h2-7,15,20H,8,19H2,1H3. The number of rotatable bonds is 4. The molecule has 0 heterocycles. The number of halogens is 3. The Balaban J connectivity index is 2.26. The maximum atomic E-state index is 6.05. The minimum Gasteiger partial charge on any atom is -0.271 e. The Labute approximate surface area is 137 Å². The molecule has 0 saturated carbocycles. The summed E-state index contributed by atoms with van der Waals surface area (Å²) < 4.78 is 1.06. The summed E-state index contributed by atoms with van der Waals surface area (Å²) in [5.74, 6) is 5.71. The maximum Gasteiger partial charge on any atom is 0.0595 e. The smallest absolute Gasteiger partial charge is 0.0595 e. The first-order valence-corrected chi connectivity index (χ1v) is 7.72. The van der Waals surface area contributed by atoms with Crippen LogP contribution in [-0.2, 0) is 6.42 Å². The van der Waals surface area contributed by atoms with Gasteiger partial charge in [-0.15, -0.1) is 0 Å². The monoisotopic (exact) mass is 372 g/mol. The lowest BCUT2D eigenvalue weighted by Crippen LogP contribution is -2.30. The minimum atomic E-state index is 0.0281. The van der Waals surface area contributed by atoms with Gasteiger partial charge in [0.25, 0.3) is 0 Å². The van der Waals surface area contributed by atoms with Crippen LogP contribution in [0.1, 0.15) is 22.7 Å². The molecule has 0 fully saturated rings. The number of nitrogens with one attached hydrogen (secondary N) is 1. The molecular weight excluding hydrogens is 359 g/mol. The van der Waals surface area contributed by atoms with Crippen LogP contribution >= 0.6 is 39.1 Å². The molecule has 0 aliphatic carbocycles. The summed E-state index contributed by atoms with van der Waals surface area (Å²) in [6, 6.07) is 11.8. The van der Waals surface area contributed by atoms with E-state index in [0.717, 1.165) is 16.5 Å². The van der Waals surface area contributed by atoms with E-state index in [-0.39, 0.29) is 6.04 Å². The van der Waals surface area contributed by atoms with Crippen LogP contribution in [0.25, 0.3) is 0 Å². The summed E-state index contributed by atoms with van der Waals surface area (Å²) >= 11 is 15.4. The van der Waals surface area contributed by atoms with Gasteiger partial charge in [0.05, 0.1) is 16.1 Å². The van der Waals surface area contributed by atoms with Gasteiger partial charge in [-0.3, -0.25) is 11.3 Å². The topological polar surface area (TPSA) is 38.0 Å². The summed E-state index contributed by atoms with van der Waals surface area (Å²) in [6.07, 6.45) is 0.746. The number of nitrogens with two attached hydrogens (primary N) is 1. The van der Waals surface area contributed by atoms with Crippen molar-refractivity contribution in [1.29, 1.82) is 0 Å². The molecule has 3 N–H and O–H groups in total. The summed E-state index contributed by atoms with van der Waals surface area (Å²) in [4.78, 5) is 0. The van der Waals surface area contributed by atoms with E-state index in [9.17, 15) is 0 Å². The SMILES string of the molecule is Cc1cc(Br)ccc1C(Cc1ccc(Cl)c(Cl)c1)NN. The molecule has 0 aromatic heterocycles. The summed E-state index contributed by atoms with van der Waals surface area (Å²) in [5.41, 5.74) is 6.31. The lowest BCUT2D eigenvalue weighted by atomic mass is 9.96. The first kappa shape index (κ1) is 15.8. The second-order valence-electron chi connectivity index (χ2n) is 4.67. The molecule has 5 heteroatoms. The molecule has 0 saturated heterocycles. The zero-order chi connectivity index (χ0) is 14.7. The molecule has 0 aliphatic rings. The Morgan fingerprint density at radius 2 is 1.90 bits per heavy atom. The Morgan fingerprint density at radius 3 is 2.50 bits per heavy atom. The molecule has 2 aromatic rings. The van der Waals surface area contributed by atoms with Crippen LogP contribution in [0.4, 0.5) is 0 Å². The van der Waals surface area contributed by atoms with Crippen molar-refractivity contribution < 1.29 is 0 Å². The van der Waals surface area contributed by atoms with Crippen molar-refractivity contribution in [3.8, 4) is 0 Å². The number of hydrogen-bond donors (Lipinski definition) is 2. The quantitative estimate of drug-likeness (QED) is 0.596. The zero-order valence-corrected chi connectivity index (χ0v) is 14.1. The third kappa shape index (κ3) is 3.74. The van der Waals surface area contributed by atoms with Crippen LogP contribution < -0.4 is 11.3 Å². The normalized spacial score (nSPS) is 12.4. The Kier molecular flexibility index (Phi) is 5.47. The molecule has 0 bridgehead atoms. The molecule has 0 amide bonds. The fourth-order valence-corrected chi connectivity index (χ4v) is 2.99. The van der Waals surface area contributed by atoms with Crippen molar-refractivity contribution in [2.45, 2.75) is 19.4 Å². The average molecular weight is 374 g/mol. The van der Waals surface area contributed by atoms with E-state index in [2.05, 4.69) is 40.4 Å². The first-order chi connectivity index (χ1) is 9.51. The van der Waals surface area contributed by atoms with Crippen molar-refractivity contribution in [2.24, 2.45) is 5.84 Å². The van der Waals surface area contributed by atoms with Gasteiger partial charge in [-0.2, -0.15) is 0 Å². The van der Waals surface area contributed by atoms with Crippen LogP contribution in [0.2, 0.25) is 10.0 Å². The highest BCUT2D eigenvalue weighted by atomic mass is 79.9. The summed E-state index contributed by atoms with van der Waals surface area (Å²) in [6.45, 7) is 2.07. The molecule has 20 heavy (non-hydrogen) atoms. The second kappa shape index (κ2) is 6.92. The Hall–Kier alpha value is -0.580. The average Bonchev–Trinajstić information content (AvgIpc) is 2.41. The highest BCUT2D eigenvalue weighted by molar-refractivity contribution is 9.10. The van der Waals surface area contributed by atoms with Crippen LogP contribution in [0.5, 0.6) is 0 Å². The van der Waals surface area contributed by atoms with Crippen LogP contribution in [0.3, 0.4) is 0 Å². The van der Waals surface area contributed by atoms with Gasteiger partial charge in [-0.1, -0.05) is 51.3 Å². The summed E-state index contributed by atoms with van der Waals surface area (Å²) in [7, 11) is 0. The van der Waals surface area contributed by atoms with Gasteiger partial charge >= 0.3 is 0 Å². The maximum absolute atomic E-state index is 6.05. The van der Waals surface area contributed by atoms with Crippen LogP contribution in [-0.4, -0.2) is 0 Å². The predicted molar refractivity (Wildman–Crippen MR) is 89.1 cm³/mol. The van der Waals surface area contributed by atoms with Gasteiger partial charge < -0.3 is 0 Å². The van der Waals surface area contributed by atoms with Gasteiger partial charge in [0.15, 0.2) is 0 Å². The van der Waals surface area contributed by atoms with Crippen molar-refractivity contribution in [2.75, 3.05) is 0 Å². The van der Waals surface area contributed by atoms with Crippen molar-refractivity contribution in [3.05, 3.63) is 67.6 Å². The van der Waals surface area contributed by atoms with E-state index in [1.165, 1.54) is 11.1 Å². The lowest BCUT2D eigenvalue weighted by Gasteiger charge is -2.19. The molecule has 1 unspecified atom stereocenters.